The summed E-state index contributed by atoms with van der Waals surface area (Å²) >= 11 is 0. The predicted molar refractivity (Wildman–Crippen MR) is 129 cm³/mol. The first-order chi connectivity index (χ1) is 15.8. The van der Waals surface area contributed by atoms with Crippen molar-refractivity contribution < 1.29 is 19.4 Å². The summed E-state index contributed by atoms with van der Waals surface area (Å²) in [5.41, 5.74) is 2.64. The monoisotopic (exact) mass is 452 g/mol. The molecule has 0 aromatic heterocycles. The number of ether oxygens (including phenoxy) is 2. The van der Waals surface area contributed by atoms with Crippen LogP contribution in [0.1, 0.15) is 53.7 Å². The number of nitrogens with zero attached hydrogens (tertiary/aromatic N) is 2. The minimum Gasteiger partial charge on any atom is -0.496 e. The van der Waals surface area contributed by atoms with Gasteiger partial charge in [0.2, 0.25) is 0 Å². The largest absolute Gasteiger partial charge is 0.496 e. The lowest BCUT2D eigenvalue weighted by atomic mass is 9.69. The van der Waals surface area contributed by atoms with Gasteiger partial charge in [0.25, 0.3) is 0 Å². The second-order valence-corrected chi connectivity index (χ2v) is 8.77. The minimum atomic E-state index is -0.633. The summed E-state index contributed by atoms with van der Waals surface area (Å²) in [7, 11) is 5.04. The first-order valence-electron chi connectivity index (χ1n) is 11.4. The van der Waals surface area contributed by atoms with E-state index in [4.69, 9.17) is 9.47 Å². The summed E-state index contributed by atoms with van der Waals surface area (Å²) in [6.45, 7) is 5.73. The lowest BCUT2D eigenvalue weighted by molar-refractivity contribution is 0.0600. The Balaban J connectivity index is 2.02. The minimum absolute atomic E-state index is 0.119. The van der Waals surface area contributed by atoms with Gasteiger partial charge in [-0.25, -0.2) is 4.79 Å². The van der Waals surface area contributed by atoms with Gasteiger partial charge in [-0.3, -0.25) is 0 Å². The number of aliphatic hydroxyl groups excluding tert-OH is 1. The molecule has 2 aromatic carbocycles. The van der Waals surface area contributed by atoms with E-state index in [1.807, 2.05) is 36.4 Å². The average molecular weight is 453 g/mol. The maximum absolute atomic E-state index is 11.7. The first-order valence-corrected chi connectivity index (χ1v) is 11.4. The number of carbonyl (C=O) groups excluding carboxylic acids is 1. The Morgan fingerprint density at radius 3 is 2.55 bits per heavy atom. The van der Waals surface area contributed by atoms with Gasteiger partial charge in [-0.2, -0.15) is 5.26 Å². The van der Waals surface area contributed by atoms with Crippen molar-refractivity contribution in [3.63, 3.8) is 0 Å². The molecule has 178 valence electrons. The number of esters is 1. The normalized spacial score (nSPS) is 12.9. The Labute approximate surface area is 197 Å². The van der Waals surface area contributed by atoms with E-state index < -0.39 is 5.41 Å². The van der Waals surface area contributed by atoms with E-state index >= 15 is 0 Å². The van der Waals surface area contributed by atoms with Crippen molar-refractivity contribution in [1.29, 1.82) is 5.26 Å². The summed E-state index contributed by atoms with van der Waals surface area (Å²) < 4.78 is 10.1. The molecule has 0 heterocycles. The Morgan fingerprint density at radius 1 is 1.18 bits per heavy atom. The molecule has 6 nitrogen and oxygen atoms in total. The third kappa shape index (κ3) is 6.56. The van der Waals surface area contributed by atoms with E-state index in [9.17, 15) is 15.2 Å². The summed E-state index contributed by atoms with van der Waals surface area (Å²) in [5, 5.41) is 19.9. The van der Waals surface area contributed by atoms with E-state index in [1.54, 1.807) is 13.2 Å². The summed E-state index contributed by atoms with van der Waals surface area (Å²) in [6.07, 6.45) is 2.42. The molecule has 2 aromatic rings. The number of nitriles is 1. The summed E-state index contributed by atoms with van der Waals surface area (Å²) in [6, 6.07) is 15.8. The Bertz CT molecular complexity index is 967. The van der Waals surface area contributed by atoms with Gasteiger partial charge < -0.3 is 19.5 Å². The van der Waals surface area contributed by atoms with E-state index in [2.05, 4.69) is 31.9 Å². The van der Waals surface area contributed by atoms with Crippen LogP contribution in [-0.4, -0.2) is 50.3 Å². The molecule has 0 saturated carbocycles. The zero-order valence-electron chi connectivity index (χ0n) is 20.4. The fraction of sp³-hybridized carbons (Fsp3) is 0.481. The van der Waals surface area contributed by atoms with Crippen LogP contribution in [0.25, 0.3) is 0 Å². The zero-order chi connectivity index (χ0) is 24.4. The molecule has 0 spiro atoms. The highest BCUT2D eigenvalue weighted by atomic mass is 16.5. The van der Waals surface area contributed by atoms with Crippen LogP contribution in [0, 0.1) is 17.2 Å². The Kier molecular flexibility index (Phi) is 9.90. The van der Waals surface area contributed by atoms with Gasteiger partial charge in [-0.1, -0.05) is 32.0 Å². The summed E-state index contributed by atoms with van der Waals surface area (Å²) in [4.78, 5) is 14.0. The predicted octanol–water partition coefficient (Wildman–Crippen LogP) is 4.35. The number of methoxy groups -OCH3 is 2. The fourth-order valence-corrected chi connectivity index (χ4v) is 4.23. The quantitative estimate of drug-likeness (QED) is 0.482. The Morgan fingerprint density at radius 2 is 1.94 bits per heavy atom. The maximum Gasteiger partial charge on any atom is 0.337 e. The molecular formula is C27H36N2O4. The van der Waals surface area contributed by atoms with Crippen LogP contribution < -0.4 is 4.74 Å². The van der Waals surface area contributed by atoms with Crippen LogP contribution in [0.5, 0.6) is 5.75 Å². The number of rotatable bonds is 12. The Hall–Kier alpha value is -2.88. The number of hydrogen-bond donors (Lipinski definition) is 1. The highest BCUT2D eigenvalue weighted by Gasteiger charge is 2.36. The third-order valence-electron chi connectivity index (χ3n) is 6.39. The zero-order valence-corrected chi connectivity index (χ0v) is 20.4. The number of hydrogen-bond acceptors (Lipinski definition) is 6. The molecule has 0 fully saturated rings. The number of aliphatic hydroxyl groups is 1. The molecule has 33 heavy (non-hydrogen) atoms. The van der Waals surface area contributed by atoms with Gasteiger partial charge in [-0.05, 0) is 74.2 Å². The number of benzene rings is 2. The molecule has 0 aliphatic heterocycles. The van der Waals surface area contributed by atoms with Gasteiger partial charge in [-0.15, -0.1) is 0 Å². The van der Waals surface area contributed by atoms with Crippen LogP contribution in [-0.2, 0) is 23.2 Å². The van der Waals surface area contributed by atoms with Crippen molar-refractivity contribution in [3.8, 4) is 11.8 Å². The first kappa shape index (κ1) is 26.4. The lowest BCUT2D eigenvalue weighted by Gasteiger charge is -2.32. The molecule has 0 saturated heterocycles. The van der Waals surface area contributed by atoms with Crippen molar-refractivity contribution in [2.45, 2.75) is 45.1 Å². The topological polar surface area (TPSA) is 82.8 Å². The van der Waals surface area contributed by atoms with Crippen molar-refractivity contribution >= 4 is 5.97 Å². The standard InChI is InChI=1S/C27H36N2O4/c1-20(2)27(19-28,24-10-11-25(32-4)23(17-24)18-30)13-7-14-29(3)15-12-21-8-6-9-22(16-21)26(31)33-5/h6,8-11,16-17,20,30H,7,12-15,18H2,1-5H3. The number of carbonyl (C=O) groups is 1. The number of likely N-dealkylation sites (N-methyl/N-ethyl adjacent to an activating group) is 1. The van der Waals surface area contributed by atoms with Gasteiger partial charge in [0, 0.05) is 12.1 Å². The van der Waals surface area contributed by atoms with E-state index in [1.165, 1.54) is 7.11 Å². The van der Waals surface area contributed by atoms with Crippen LogP contribution in [0.15, 0.2) is 42.5 Å². The smallest absolute Gasteiger partial charge is 0.337 e. The molecule has 0 aliphatic carbocycles. The van der Waals surface area contributed by atoms with Crippen LogP contribution in [0.2, 0.25) is 0 Å². The van der Waals surface area contributed by atoms with Crippen LogP contribution in [0.3, 0.4) is 0 Å². The summed E-state index contributed by atoms with van der Waals surface area (Å²) in [5.74, 6) is 0.427. The highest BCUT2D eigenvalue weighted by Crippen LogP contribution is 2.38. The second-order valence-electron chi connectivity index (χ2n) is 8.77. The van der Waals surface area contributed by atoms with Crippen molar-refractivity contribution in [2.24, 2.45) is 5.92 Å². The van der Waals surface area contributed by atoms with E-state index in [-0.39, 0.29) is 18.5 Å². The molecule has 2 rings (SSSR count). The molecule has 1 unspecified atom stereocenters. The van der Waals surface area contributed by atoms with E-state index in [0.717, 1.165) is 43.5 Å². The van der Waals surface area contributed by atoms with Crippen LogP contribution in [0.4, 0.5) is 0 Å². The van der Waals surface area contributed by atoms with Gasteiger partial charge in [0.15, 0.2) is 0 Å². The molecule has 1 N–H and O–H groups in total. The van der Waals surface area contributed by atoms with Gasteiger partial charge in [0.05, 0.1) is 37.9 Å². The highest BCUT2D eigenvalue weighted by molar-refractivity contribution is 5.89. The van der Waals surface area contributed by atoms with Crippen molar-refractivity contribution in [3.05, 3.63) is 64.7 Å². The molecule has 0 bridgehead atoms. The maximum atomic E-state index is 11.7. The molecular weight excluding hydrogens is 416 g/mol. The van der Waals surface area contributed by atoms with Crippen molar-refractivity contribution in [2.75, 3.05) is 34.4 Å². The molecule has 1 atom stereocenters. The van der Waals surface area contributed by atoms with E-state index in [0.29, 0.717) is 16.9 Å². The fourth-order valence-electron chi connectivity index (χ4n) is 4.23. The molecule has 6 heteroatoms. The SMILES string of the molecule is COC(=O)c1cccc(CCN(C)CCCC(C#N)(c2ccc(OC)c(CO)c2)C(C)C)c1. The lowest BCUT2D eigenvalue weighted by Crippen LogP contribution is -2.32. The second kappa shape index (κ2) is 12.4. The van der Waals surface area contributed by atoms with Crippen molar-refractivity contribution in [1.82, 2.24) is 4.90 Å². The molecule has 0 radical (unpaired) electrons. The van der Waals surface area contributed by atoms with Gasteiger partial charge in [0.1, 0.15) is 5.75 Å². The molecule has 0 aliphatic rings. The van der Waals surface area contributed by atoms with Gasteiger partial charge >= 0.3 is 5.97 Å². The molecule has 0 amide bonds. The van der Waals surface area contributed by atoms with Crippen LogP contribution >= 0.6 is 0 Å². The third-order valence-corrected chi connectivity index (χ3v) is 6.39. The average Bonchev–Trinajstić information content (AvgIpc) is 2.84.